The van der Waals surface area contributed by atoms with Gasteiger partial charge in [0.2, 0.25) is 0 Å². The van der Waals surface area contributed by atoms with Crippen LogP contribution in [0.15, 0.2) is 54.6 Å². The molecule has 0 aliphatic heterocycles. The first-order valence-electron chi connectivity index (χ1n) is 4.82. The van der Waals surface area contributed by atoms with Gasteiger partial charge in [0, 0.05) is 0 Å². The standard InChI is InChI=1S/C13H10O3.Li.H/c14-12-9-5-4-8-11(12)13(15)16-10-6-2-1-3-7-10;;/h1-9,14H;;/q;+1;-1. The maximum atomic E-state index is 11.7. The predicted octanol–water partition coefficient (Wildman–Crippen LogP) is -0.272. The van der Waals surface area contributed by atoms with Crippen molar-refractivity contribution in [2.45, 2.75) is 0 Å². The van der Waals surface area contributed by atoms with Gasteiger partial charge in [-0.3, -0.25) is 0 Å². The maximum absolute atomic E-state index is 11.7. The second-order valence-corrected chi connectivity index (χ2v) is 3.22. The SMILES string of the molecule is O=C(Oc1ccccc1)c1ccccc1O.[H-].[Li+]. The Morgan fingerprint density at radius 3 is 2.24 bits per heavy atom. The summed E-state index contributed by atoms with van der Waals surface area (Å²) in [4.78, 5) is 11.7. The molecule has 0 saturated heterocycles. The van der Waals surface area contributed by atoms with Gasteiger partial charge >= 0.3 is 24.8 Å². The number of hydrogen-bond acceptors (Lipinski definition) is 3. The van der Waals surface area contributed by atoms with E-state index >= 15 is 0 Å². The third kappa shape index (κ3) is 3.38. The Labute approximate surface area is 113 Å². The molecule has 0 spiro atoms. The average Bonchev–Trinajstić information content (AvgIpc) is 2.31. The number of ether oxygens (including phenoxy) is 1. The third-order valence-electron chi connectivity index (χ3n) is 2.08. The molecule has 2 rings (SSSR count). The van der Waals surface area contributed by atoms with E-state index in [1.165, 1.54) is 12.1 Å². The molecule has 17 heavy (non-hydrogen) atoms. The molecule has 0 saturated carbocycles. The van der Waals surface area contributed by atoms with E-state index in [0.717, 1.165) is 0 Å². The summed E-state index contributed by atoms with van der Waals surface area (Å²) in [7, 11) is 0. The van der Waals surface area contributed by atoms with Crippen molar-refractivity contribution in [2.24, 2.45) is 0 Å². The normalized spacial score (nSPS) is 9.18. The molecule has 0 amide bonds. The molecule has 2 aromatic rings. The number of carbonyl (C=O) groups excluding carboxylic acids is 1. The molecule has 1 N–H and O–H groups in total. The van der Waals surface area contributed by atoms with Gasteiger partial charge in [0.1, 0.15) is 17.1 Å². The van der Waals surface area contributed by atoms with E-state index in [-0.39, 0.29) is 31.6 Å². The van der Waals surface area contributed by atoms with Gasteiger partial charge in [-0.25, -0.2) is 4.79 Å². The molecule has 0 aliphatic carbocycles. The minimum absolute atomic E-state index is 0. The minimum atomic E-state index is -0.565. The van der Waals surface area contributed by atoms with E-state index in [1.807, 2.05) is 6.07 Å². The third-order valence-corrected chi connectivity index (χ3v) is 2.08. The van der Waals surface area contributed by atoms with Crippen molar-refractivity contribution in [1.82, 2.24) is 0 Å². The van der Waals surface area contributed by atoms with Gasteiger partial charge in [-0.1, -0.05) is 30.3 Å². The van der Waals surface area contributed by atoms with Crippen LogP contribution in [0.25, 0.3) is 0 Å². The summed E-state index contributed by atoms with van der Waals surface area (Å²) in [6.07, 6.45) is 0. The van der Waals surface area contributed by atoms with Gasteiger partial charge in [-0.2, -0.15) is 0 Å². The molecule has 0 aliphatic rings. The molecular weight excluding hydrogens is 211 g/mol. The summed E-state index contributed by atoms with van der Waals surface area (Å²) in [6.45, 7) is 0. The van der Waals surface area contributed by atoms with Crippen LogP contribution in [0.2, 0.25) is 0 Å². The Morgan fingerprint density at radius 1 is 1.00 bits per heavy atom. The summed E-state index contributed by atoms with van der Waals surface area (Å²) < 4.78 is 5.08. The number of carbonyl (C=O) groups is 1. The first-order chi connectivity index (χ1) is 7.77. The molecule has 0 radical (unpaired) electrons. The van der Waals surface area contributed by atoms with E-state index < -0.39 is 5.97 Å². The van der Waals surface area contributed by atoms with E-state index in [1.54, 1.807) is 36.4 Å². The Kier molecular flexibility index (Phi) is 4.83. The molecule has 3 nitrogen and oxygen atoms in total. The van der Waals surface area contributed by atoms with Crippen molar-refractivity contribution < 1.29 is 34.9 Å². The Hall–Kier alpha value is -1.69. The summed E-state index contributed by atoms with van der Waals surface area (Å²) in [5, 5.41) is 9.46. The smallest absolute Gasteiger partial charge is 1.00 e. The molecule has 0 heterocycles. The van der Waals surface area contributed by atoms with E-state index in [4.69, 9.17) is 4.74 Å². The fourth-order valence-electron chi connectivity index (χ4n) is 1.30. The Morgan fingerprint density at radius 2 is 1.59 bits per heavy atom. The first-order valence-corrected chi connectivity index (χ1v) is 4.82. The zero-order valence-corrected chi connectivity index (χ0v) is 9.46. The number of phenols is 1. The number of benzene rings is 2. The van der Waals surface area contributed by atoms with Crippen LogP contribution in [0.3, 0.4) is 0 Å². The van der Waals surface area contributed by atoms with Crippen molar-refractivity contribution >= 4 is 5.97 Å². The van der Waals surface area contributed by atoms with Crippen LogP contribution in [0.4, 0.5) is 0 Å². The van der Waals surface area contributed by atoms with Crippen LogP contribution in [-0.4, -0.2) is 11.1 Å². The minimum Gasteiger partial charge on any atom is -1.00 e. The summed E-state index contributed by atoms with van der Waals surface area (Å²) in [5.74, 6) is -0.191. The Balaban J connectivity index is 0.00000144. The fourth-order valence-corrected chi connectivity index (χ4v) is 1.30. The van der Waals surface area contributed by atoms with Crippen molar-refractivity contribution in [3.05, 3.63) is 60.2 Å². The molecule has 2 aromatic carbocycles. The number of phenolic OH excluding ortho intramolecular Hbond substituents is 1. The predicted molar refractivity (Wildman–Crippen MR) is 60.6 cm³/mol. The molecule has 0 unspecified atom stereocenters. The zero-order chi connectivity index (χ0) is 11.4. The van der Waals surface area contributed by atoms with E-state index in [9.17, 15) is 9.90 Å². The van der Waals surface area contributed by atoms with Crippen LogP contribution in [0.5, 0.6) is 11.5 Å². The van der Waals surface area contributed by atoms with Crippen LogP contribution in [0.1, 0.15) is 11.8 Å². The average molecular weight is 222 g/mol. The second-order valence-electron chi connectivity index (χ2n) is 3.22. The topological polar surface area (TPSA) is 46.5 Å². The van der Waals surface area contributed by atoms with Crippen LogP contribution in [-0.2, 0) is 0 Å². The maximum Gasteiger partial charge on any atom is 1.00 e. The van der Waals surface area contributed by atoms with E-state index in [0.29, 0.717) is 5.75 Å². The Bertz CT molecular complexity index is 503. The van der Waals surface area contributed by atoms with Crippen molar-refractivity contribution in [3.8, 4) is 11.5 Å². The van der Waals surface area contributed by atoms with Crippen molar-refractivity contribution in [1.29, 1.82) is 0 Å². The number of para-hydroxylation sites is 2. The summed E-state index contributed by atoms with van der Waals surface area (Å²) in [5.41, 5.74) is 0.159. The molecule has 0 bridgehead atoms. The summed E-state index contributed by atoms with van der Waals surface area (Å²) >= 11 is 0. The zero-order valence-electron chi connectivity index (χ0n) is 10.5. The van der Waals surface area contributed by atoms with Gasteiger partial charge in [-0.05, 0) is 24.3 Å². The number of aromatic hydroxyl groups is 1. The van der Waals surface area contributed by atoms with Gasteiger partial charge in [-0.15, -0.1) is 0 Å². The molecule has 0 atom stereocenters. The van der Waals surface area contributed by atoms with Gasteiger partial charge in [0.25, 0.3) is 0 Å². The van der Waals surface area contributed by atoms with Crippen LogP contribution >= 0.6 is 0 Å². The van der Waals surface area contributed by atoms with Crippen molar-refractivity contribution in [3.63, 3.8) is 0 Å². The van der Waals surface area contributed by atoms with Gasteiger partial charge in [0.15, 0.2) is 0 Å². The molecule has 4 heteroatoms. The first kappa shape index (κ1) is 13.4. The number of hydrogen-bond donors (Lipinski definition) is 1. The largest absolute Gasteiger partial charge is 1.00 e. The monoisotopic (exact) mass is 222 g/mol. The second kappa shape index (κ2) is 6.14. The van der Waals surface area contributed by atoms with Crippen LogP contribution < -0.4 is 23.6 Å². The molecule has 0 aromatic heterocycles. The molecule has 0 fully saturated rings. The van der Waals surface area contributed by atoms with E-state index in [2.05, 4.69) is 0 Å². The fraction of sp³-hybridized carbons (Fsp3) is 0. The number of esters is 1. The molecular formula is C13H11LiO3. The number of rotatable bonds is 2. The molecule has 82 valence electrons. The summed E-state index contributed by atoms with van der Waals surface area (Å²) in [6, 6.07) is 15.0. The van der Waals surface area contributed by atoms with Gasteiger partial charge < -0.3 is 11.3 Å². The van der Waals surface area contributed by atoms with Crippen molar-refractivity contribution in [2.75, 3.05) is 0 Å². The van der Waals surface area contributed by atoms with Crippen LogP contribution in [0, 0.1) is 0 Å². The quantitative estimate of drug-likeness (QED) is 0.432. The van der Waals surface area contributed by atoms with Gasteiger partial charge in [0.05, 0.1) is 0 Å².